The molecule has 180 valence electrons. The zero-order valence-electron chi connectivity index (χ0n) is 18.7. The van der Waals surface area contributed by atoms with E-state index in [4.69, 9.17) is 9.47 Å². The molecule has 2 atom stereocenters. The standard InChI is InChI=1S/C22H22F3N5O4/c1-11-28-22(14-6-5-13(23)7-16(14)24)10-30(8-15(22)20(32)29(11)3)21-26-17(9-34-12(2)31)18(25)19(27-21)33-4/h5-7,15,28H,1,8-10H2,2-4H3/t15-,22+/m0/s1. The highest BCUT2D eigenvalue weighted by Gasteiger charge is 2.57. The van der Waals surface area contributed by atoms with E-state index in [1.54, 1.807) is 4.90 Å². The van der Waals surface area contributed by atoms with Crippen LogP contribution in [0.25, 0.3) is 0 Å². The molecule has 2 aliphatic heterocycles. The lowest BCUT2D eigenvalue weighted by Crippen LogP contribution is -2.60. The molecule has 0 unspecified atom stereocenters. The quantitative estimate of drug-likeness (QED) is 0.652. The Hall–Kier alpha value is -3.83. The molecule has 1 aromatic heterocycles. The predicted octanol–water partition coefficient (Wildman–Crippen LogP) is 1.83. The summed E-state index contributed by atoms with van der Waals surface area (Å²) in [4.78, 5) is 35.5. The minimum Gasteiger partial charge on any atom is -0.479 e. The number of hydrogen-bond acceptors (Lipinski definition) is 8. The average molecular weight is 477 g/mol. The summed E-state index contributed by atoms with van der Waals surface area (Å²) in [6, 6.07) is 3.12. The van der Waals surface area contributed by atoms with Crippen LogP contribution in [0.2, 0.25) is 0 Å². The lowest BCUT2D eigenvalue weighted by molar-refractivity contribution is -0.142. The van der Waals surface area contributed by atoms with Crippen LogP contribution >= 0.6 is 0 Å². The van der Waals surface area contributed by atoms with E-state index in [-0.39, 0.29) is 47.9 Å². The molecule has 1 N–H and O–H groups in total. The first kappa shape index (κ1) is 23.3. The number of ether oxygens (including phenoxy) is 2. The number of fused-ring (bicyclic) bond motifs is 1. The van der Waals surface area contributed by atoms with Crippen LogP contribution in [0.1, 0.15) is 18.2 Å². The van der Waals surface area contributed by atoms with Gasteiger partial charge in [0.1, 0.15) is 29.8 Å². The zero-order chi connectivity index (χ0) is 24.8. The van der Waals surface area contributed by atoms with Gasteiger partial charge in [0.2, 0.25) is 17.7 Å². The monoisotopic (exact) mass is 477 g/mol. The molecule has 2 fully saturated rings. The number of amides is 1. The fraction of sp³-hybridized carbons (Fsp3) is 0.364. The SMILES string of the molecule is C=C1N[C@@]2(c3ccc(F)cc3F)CN(c3nc(COC(C)=O)c(F)c(OC)n3)C[C@H]2C(=O)N1C. The van der Waals surface area contributed by atoms with Crippen LogP contribution in [-0.2, 0) is 26.5 Å². The molecular formula is C22H22F3N5O4. The van der Waals surface area contributed by atoms with Crippen molar-refractivity contribution in [1.29, 1.82) is 0 Å². The van der Waals surface area contributed by atoms with Gasteiger partial charge in [0.25, 0.3) is 5.88 Å². The van der Waals surface area contributed by atoms with Crippen LogP contribution in [0, 0.1) is 23.4 Å². The van der Waals surface area contributed by atoms with Crippen molar-refractivity contribution >= 4 is 17.8 Å². The molecule has 0 aliphatic carbocycles. The first-order valence-corrected chi connectivity index (χ1v) is 10.3. The molecule has 2 aromatic rings. The Kier molecular flexibility index (Phi) is 5.84. The van der Waals surface area contributed by atoms with Crippen molar-refractivity contribution in [3.63, 3.8) is 0 Å². The van der Waals surface area contributed by atoms with Crippen LogP contribution < -0.4 is 15.0 Å². The van der Waals surface area contributed by atoms with E-state index in [0.29, 0.717) is 0 Å². The van der Waals surface area contributed by atoms with Crippen molar-refractivity contribution in [3.8, 4) is 5.88 Å². The largest absolute Gasteiger partial charge is 0.479 e. The maximum Gasteiger partial charge on any atom is 0.303 e. The van der Waals surface area contributed by atoms with E-state index in [0.717, 1.165) is 12.1 Å². The molecule has 9 nitrogen and oxygen atoms in total. The number of nitrogens with one attached hydrogen (secondary N) is 1. The van der Waals surface area contributed by atoms with Gasteiger partial charge in [-0.25, -0.2) is 13.8 Å². The van der Waals surface area contributed by atoms with Gasteiger partial charge in [0, 0.05) is 38.7 Å². The van der Waals surface area contributed by atoms with Gasteiger partial charge < -0.3 is 24.6 Å². The number of carbonyl (C=O) groups excluding carboxylic acids is 2. The minimum absolute atomic E-state index is 0.0143. The number of benzene rings is 1. The highest BCUT2D eigenvalue weighted by Crippen LogP contribution is 2.44. The summed E-state index contributed by atoms with van der Waals surface area (Å²) in [5.74, 6) is -4.46. The van der Waals surface area contributed by atoms with Crippen LogP contribution in [0.3, 0.4) is 0 Å². The molecule has 2 aliphatic rings. The average Bonchev–Trinajstić information content (AvgIpc) is 3.17. The lowest BCUT2D eigenvalue weighted by Gasteiger charge is -2.44. The number of halogens is 3. The molecule has 4 rings (SSSR count). The molecule has 12 heteroatoms. The number of rotatable bonds is 5. The van der Waals surface area contributed by atoms with Crippen molar-refractivity contribution in [3.05, 3.63) is 59.3 Å². The van der Waals surface area contributed by atoms with E-state index in [1.807, 2.05) is 0 Å². The summed E-state index contributed by atoms with van der Waals surface area (Å²) >= 11 is 0. The molecule has 0 bridgehead atoms. The normalized spacial score (nSPS) is 21.9. The van der Waals surface area contributed by atoms with Gasteiger partial charge in [-0.2, -0.15) is 9.37 Å². The van der Waals surface area contributed by atoms with E-state index in [1.165, 1.54) is 32.0 Å². The van der Waals surface area contributed by atoms with Gasteiger partial charge in [-0.3, -0.25) is 9.59 Å². The lowest BCUT2D eigenvalue weighted by atomic mass is 9.78. The number of carbonyl (C=O) groups is 2. The molecular weight excluding hydrogens is 455 g/mol. The van der Waals surface area contributed by atoms with Crippen LogP contribution in [0.4, 0.5) is 19.1 Å². The third-order valence-corrected chi connectivity index (χ3v) is 6.02. The van der Waals surface area contributed by atoms with Crippen molar-refractivity contribution < 1.29 is 32.2 Å². The number of anilines is 1. The fourth-order valence-electron chi connectivity index (χ4n) is 4.32. The van der Waals surface area contributed by atoms with E-state index < -0.39 is 41.5 Å². The molecule has 1 aromatic carbocycles. The van der Waals surface area contributed by atoms with E-state index in [9.17, 15) is 22.8 Å². The number of aromatic nitrogens is 2. The highest BCUT2D eigenvalue weighted by molar-refractivity contribution is 5.85. The Labute approximate surface area is 193 Å². The Morgan fingerprint density at radius 2 is 2.06 bits per heavy atom. The first-order chi connectivity index (χ1) is 16.1. The first-order valence-electron chi connectivity index (χ1n) is 10.3. The molecule has 1 amide bonds. The second-order valence-corrected chi connectivity index (χ2v) is 8.07. The summed E-state index contributed by atoms with van der Waals surface area (Å²) in [7, 11) is 2.74. The molecule has 0 saturated carbocycles. The number of methoxy groups -OCH3 is 1. The third kappa shape index (κ3) is 3.78. The van der Waals surface area contributed by atoms with Crippen LogP contribution in [0.5, 0.6) is 5.88 Å². The van der Waals surface area contributed by atoms with E-state index >= 15 is 0 Å². The second kappa shape index (κ2) is 8.50. The maximum absolute atomic E-state index is 15.0. The van der Waals surface area contributed by atoms with Gasteiger partial charge in [-0.05, 0) is 6.07 Å². The van der Waals surface area contributed by atoms with Crippen molar-refractivity contribution in [2.75, 3.05) is 32.1 Å². The Bertz CT molecular complexity index is 1190. The topological polar surface area (TPSA) is 96.9 Å². The summed E-state index contributed by atoms with van der Waals surface area (Å²) in [6.45, 7) is 4.56. The molecule has 34 heavy (non-hydrogen) atoms. The summed E-state index contributed by atoms with van der Waals surface area (Å²) in [5.41, 5.74) is -1.48. The molecule has 0 spiro atoms. The highest BCUT2D eigenvalue weighted by atomic mass is 19.1. The molecule has 3 heterocycles. The van der Waals surface area contributed by atoms with E-state index in [2.05, 4.69) is 21.9 Å². The summed E-state index contributed by atoms with van der Waals surface area (Å²) in [5, 5.41) is 3.12. The minimum atomic E-state index is -1.32. The second-order valence-electron chi connectivity index (χ2n) is 8.07. The Balaban J connectivity index is 1.80. The molecule has 2 saturated heterocycles. The van der Waals surface area contributed by atoms with Gasteiger partial charge in [0.05, 0.1) is 18.6 Å². The smallest absolute Gasteiger partial charge is 0.303 e. The fourth-order valence-corrected chi connectivity index (χ4v) is 4.32. The van der Waals surface area contributed by atoms with Gasteiger partial charge in [-0.15, -0.1) is 0 Å². The number of nitrogens with zero attached hydrogens (tertiary/aromatic N) is 4. The van der Waals surface area contributed by atoms with Gasteiger partial charge >= 0.3 is 5.97 Å². The maximum atomic E-state index is 15.0. The van der Waals surface area contributed by atoms with Crippen LogP contribution in [-0.4, -0.2) is 54.0 Å². The Morgan fingerprint density at radius 1 is 1.32 bits per heavy atom. The van der Waals surface area contributed by atoms with Crippen molar-refractivity contribution in [2.24, 2.45) is 5.92 Å². The van der Waals surface area contributed by atoms with Crippen molar-refractivity contribution in [2.45, 2.75) is 19.1 Å². The zero-order valence-corrected chi connectivity index (χ0v) is 18.7. The number of hydrogen-bond donors (Lipinski definition) is 1. The third-order valence-electron chi connectivity index (χ3n) is 6.02. The number of esters is 1. The van der Waals surface area contributed by atoms with Crippen LogP contribution in [0.15, 0.2) is 30.6 Å². The predicted molar refractivity (Wildman–Crippen MR) is 113 cm³/mol. The van der Waals surface area contributed by atoms with Gasteiger partial charge in [-0.1, -0.05) is 12.6 Å². The van der Waals surface area contributed by atoms with Crippen molar-refractivity contribution in [1.82, 2.24) is 20.2 Å². The summed E-state index contributed by atoms with van der Waals surface area (Å²) < 4.78 is 53.1. The van der Waals surface area contributed by atoms with Gasteiger partial charge in [0.15, 0.2) is 0 Å². The Morgan fingerprint density at radius 3 is 2.71 bits per heavy atom. The molecule has 0 radical (unpaired) electrons. The summed E-state index contributed by atoms with van der Waals surface area (Å²) in [6.07, 6.45) is 0.